The number of rotatable bonds is 7. The van der Waals surface area contributed by atoms with Gasteiger partial charge in [0.15, 0.2) is 0 Å². The molecule has 0 saturated carbocycles. The van der Waals surface area contributed by atoms with Crippen LogP contribution in [0.1, 0.15) is 44.6 Å². The monoisotopic (exact) mass is 244 g/mol. The van der Waals surface area contributed by atoms with Gasteiger partial charge in [0.05, 0.1) is 6.61 Å². The Bertz CT molecular complexity index is 366. The Hall–Kier alpha value is -1.08. The van der Waals surface area contributed by atoms with Crippen LogP contribution in [0.2, 0.25) is 0 Å². The molecule has 1 aromatic rings. The average Bonchev–Trinajstić information content (AvgIpc) is 2.81. The minimum absolute atomic E-state index is 0.753. The molecule has 0 bridgehead atoms. The summed E-state index contributed by atoms with van der Waals surface area (Å²) in [6.45, 7) is 3.90. The van der Waals surface area contributed by atoms with Gasteiger partial charge in [0.2, 0.25) is 0 Å². The van der Waals surface area contributed by atoms with Crippen LogP contribution >= 0.6 is 0 Å². The predicted octanol–water partition coefficient (Wildman–Crippen LogP) is 4.73. The molecule has 0 heterocycles. The molecule has 1 aliphatic rings. The van der Waals surface area contributed by atoms with Crippen molar-refractivity contribution in [3.05, 3.63) is 47.5 Å². The molecule has 0 N–H and O–H groups in total. The minimum atomic E-state index is 0.753. The number of hydrogen-bond donors (Lipinski definition) is 0. The molecule has 1 unspecified atom stereocenters. The zero-order valence-corrected chi connectivity index (χ0v) is 11.4. The highest BCUT2D eigenvalue weighted by molar-refractivity contribution is 5.13. The maximum Gasteiger partial charge on any atom is 0.0716 e. The van der Waals surface area contributed by atoms with E-state index in [1.54, 1.807) is 5.57 Å². The van der Waals surface area contributed by atoms with E-state index in [1.807, 2.05) is 6.07 Å². The summed E-state index contributed by atoms with van der Waals surface area (Å²) >= 11 is 0. The molecule has 1 nitrogen and oxygen atoms in total. The molecular weight excluding hydrogens is 220 g/mol. The van der Waals surface area contributed by atoms with Gasteiger partial charge in [0, 0.05) is 6.61 Å². The molecule has 1 aromatic carbocycles. The van der Waals surface area contributed by atoms with Crippen molar-refractivity contribution in [1.82, 2.24) is 0 Å². The van der Waals surface area contributed by atoms with Crippen molar-refractivity contribution in [2.75, 3.05) is 6.61 Å². The Morgan fingerprint density at radius 2 is 2.00 bits per heavy atom. The third-order valence-corrected chi connectivity index (χ3v) is 3.65. The highest BCUT2D eigenvalue weighted by Crippen LogP contribution is 2.27. The first kappa shape index (κ1) is 13.4. The minimum Gasteiger partial charge on any atom is -0.377 e. The Morgan fingerprint density at radius 1 is 1.17 bits per heavy atom. The highest BCUT2D eigenvalue weighted by Gasteiger charge is 2.11. The maximum atomic E-state index is 5.69. The third kappa shape index (κ3) is 4.66. The van der Waals surface area contributed by atoms with E-state index < -0.39 is 0 Å². The topological polar surface area (TPSA) is 9.23 Å². The van der Waals surface area contributed by atoms with Gasteiger partial charge >= 0.3 is 0 Å². The second-order valence-corrected chi connectivity index (χ2v) is 5.35. The van der Waals surface area contributed by atoms with E-state index in [4.69, 9.17) is 4.74 Å². The molecule has 1 heteroatoms. The smallest absolute Gasteiger partial charge is 0.0716 e. The fourth-order valence-corrected chi connectivity index (χ4v) is 2.58. The number of allylic oxidation sites excluding steroid dienone is 2. The first-order valence-corrected chi connectivity index (χ1v) is 7.13. The van der Waals surface area contributed by atoms with Crippen LogP contribution in [0.5, 0.6) is 0 Å². The van der Waals surface area contributed by atoms with Crippen molar-refractivity contribution in [2.45, 2.75) is 45.6 Å². The van der Waals surface area contributed by atoms with Gasteiger partial charge < -0.3 is 4.74 Å². The summed E-state index contributed by atoms with van der Waals surface area (Å²) in [6.07, 6.45) is 8.97. The number of ether oxygens (including phenoxy) is 1. The predicted molar refractivity (Wildman–Crippen MR) is 76.4 cm³/mol. The van der Waals surface area contributed by atoms with Gasteiger partial charge in [-0.2, -0.15) is 0 Å². The summed E-state index contributed by atoms with van der Waals surface area (Å²) in [5.74, 6) is 0.846. The van der Waals surface area contributed by atoms with Crippen molar-refractivity contribution in [1.29, 1.82) is 0 Å². The van der Waals surface area contributed by atoms with Gasteiger partial charge in [-0.1, -0.05) is 48.4 Å². The average molecular weight is 244 g/mol. The number of hydrogen-bond acceptors (Lipinski definition) is 1. The summed E-state index contributed by atoms with van der Waals surface area (Å²) in [5.41, 5.74) is 2.85. The molecule has 0 aromatic heterocycles. The SMILES string of the molecule is CC1=CC(CCCCOCc2ccccc2)CC1. The van der Waals surface area contributed by atoms with Crippen LogP contribution in [-0.4, -0.2) is 6.61 Å². The van der Waals surface area contributed by atoms with E-state index in [0.29, 0.717) is 0 Å². The van der Waals surface area contributed by atoms with Gasteiger partial charge in [-0.15, -0.1) is 0 Å². The van der Waals surface area contributed by atoms with Crippen LogP contribution in [0.4, 0.5) is 0 Å². The molecule has 0 radical (unpaired) electrons. The van der Waals surface area contributed by atoms with E-state index in [0.717, 1.165) is 19.1 Å². The van der Waals surface area contributed by atoms with E-state index in [2.05, 4.69) is 37.3 Å². The fourth-order valence-electron chi connectivity index (χ4n) is 2.58. The quantitative estimate of drug-likeness (QED) is 0.497. The number of unbranched alkanes of at least 4 members (excludes halogenated alkanes) is 1. The maximum absolute atomic E-state index is 5.69. The molecule has 2 rings (SSSR count). The van der Waals surface area contributed by atoms with Crippen molar-refractivity contribution < 1.29 is 4.74 Å². The van der Waals surface area contributed by atoms with Crippen LogP contribution in [0, 0.1) is 5.92 Å². The van der Waals surface area contributed by atoms with Gasteiger partial charge in [0.1, 0.15) is 0 Å². The molecule has 0 aliphatic heterocycles. The highest BCUT2D eigenvalue weighted by atomic mass is 16.5. The van der Waals surface area contributed by atoms with Crippen molar-refractivity contribution in [2.24, 2.45) is 5.92 Å². The lowest BCUT2D eigenvalue weighted by atomic mass is 10.0. The molecule has 0 saturated heterocycles. The van der Waals surface area contributed by atoms with Crippen LogP contribution in [0.25, 0.3) is 0 Å². The van der Waals surface area contributed by atoms with E-state index >= 15 is 0 Å². The van der Waals surface area contributed by atoms with Crippen molar-refractivity contribution in [3.63, 3.8) is 0 Å². The van der Waals surface area contributed by atoms with Crippen molar-refractivity contribution in [3.8, 4) is 0 Å². The lowest BCUT2D eigenvalue weighted by molar-refractivity contribution is 0.116. The van der Waals surface area contributed by atoms with E-state index in [9.17, 15) is 0 Å². The lowest BCUT2D eigenvalue weighted by Gasteiger charge is -2.07. The molecule has 0 spiro atoms. The molecule has 0 fully saturated rings. The van der Waals surface area contributed by atoms with Gasteiger partial charge in [-0.3, -0.25) is 0 Å². The van der Waals surface area contributed by atoms with Gasteiger partial charge in [0.25, 0.3) is 0 Å². The van der Waals surface area contributed by atoms with Crippen LogP contribution in [0.15, 0.2) is 42.0 Å². The van der Waals surface area contributed by atoms with Crippen LogP contribution in [0.3, 0.4) is 0 Å². The summed E-state index contributed by atoms with van der Waals surface area (Å²) < 4.78 is 5.69. The fraction of sp³-hybridized carbons (Fsp3) is 0.529. The first-order valence-electron chi connectivity index (χ1n) is 7.13. The molecular formula is C17H24O. The van der Waals surface area contributed by atoms with Gasteiger partial charge in [-0.05, 0) is 44.1 Å². The Labute approximate surface area is 111 Å². The van der Waals surface area contributed by atoms with E-state index in [1.165, 1.54) is 37.7 Å². The molecule has 98 valence electrons. The molecule has 1 aliphatic carbocycles. The number of benzene rings is 1. The van der Waals surface area contributed by atoms with E-state index in [-0.39, 0.29) is 0 Å². The van der Waals surface area contributed by atoms with Crippen LogP contribution < -0.4 is 0 Å². The van der Waals surface area contributed by atoms with Crippen molar-refractivity contribution >= 4 is 0 Å². The third-order valence-electron chi connectivity index (χ3n) is 3.65. The molecule has 18 heavy (non-hydrogen) atoms. The Morgan fingerprint density at radius 3 is 2.72 bits per heavy atom. The first-order chi connectivity index (χ1) is 8.84. The lowest BCUT2D eigenvalue weighted by Crippen LogP contribution is -1.97. The molecule has 1 atom stereocenters. The Balaban J connectivity index is 1.49. The Kier molecular flexibility index (Phi) is 5.47. The summed E-state index contributed by atoms with van der Waals surface area (Å²) in [7, 11) is 0. The zero-order valence-electron chi connectivity index (χ0n) is 11.4. The second-order valence-electron chi connectivity index (χ2n) is 5.35. The summed E-state index contributed by atoms with van der Waals surface area (Å²) in [5, 5.41) is 0. The molecule has 0 amide bonds. The second kappa shape index (κ2) is 7.38. The van der Waals surface area contributed by atoms with Crippen LogP contribution in [-0.2, 0) is 11.3 Å². The summed E-state index contributed by atoms with van der Waals surface area (Å²) in [4.78, 5) is 0. The van der Waals surface area contributed by atoms with Gasteiger partial charge in [-0.25, -0.2) is 0 Å². The standard InChI is InChI=1S/C17H24O/c1-15-10-11-16(13-15)7-5-6-12-18-14-17-8-3-2-4-9-17/h2-4,8-9,13,16H,5-7,10-12,14H2,1H3. The largest absolute Gasteiger partial charge is 0.377 e. The normalized spacial score (nSPS) is 18.9. The zero-order chi connectivity index (χ0) is 12.6. The summed E-state index contributed by atoms with van der Waals surface area (Å²) in [6, 6.07) is 10.4.